The SMILES string of the molecule is COc1ccc2c(CC(=O)N[C@H](C)c3cc4ccccc4o3)coc2c1. The number of benzene rings is 2. The zero-order valence-electron chi connectivity index (χ0n) is 14.6. The van der Waals surface area contributed by atoms with E-state index in [9.17, 15) is 4.79 Å². The molecule has 1 atom stereocenters. The first-order chi connectivity index (χ1) is 12.6. The van der Waals surface area contributed by atoms with Crippen LogP contribution in [0.25, 0.3) is 21.9 Å². The van der Waals surface area contributed by atoms with E-state index < -0.39 is 0 Å². The molecule has 4 aromatic rings. The Hall–Kier alpha value is -3.21. The summed E-state index contributed by atoms with van der Waals surface area (Å²) in [7, 11) is 1.61. The summed E-state index contributed by atoms with van der Waals surface area (Å²) >= 11 is 0. The Kier molecular flexibility index (Phi) is 4.13. The highest BCUT2D eigenvalue weighted by Crippen LogP contribution is 2.27. The summed E-state index contributed by atoms with van der Waals surface area (Å²) in [4.78, 5) is 12.5. The fraction of sp³-hybridized carbons (Fsp3) is 0.190. The van der Waals surface area contributed by atoms with Crippen LogP contribution in [-0.2, 0) is 11.2 Å². The predicted octanol–water partition coefficient (Wildman–Crippen LogP) is 4.61. The largest absolute Gasteiger partial charge is 0.497 e. The number of furan rings is 2. The molecule has 0 saturated carbocycles. The van der Waals surface area contributed by atoms with Crippen LogP contribution in [0.2, 0.25) is 0 Å². The molecule has 5 nitrogen and oxygen atoms in total. The highest BCUT2D eigenvalue weighted by Gasteiger charge is 2.16. The smallest absolute Gasteiger partial charge is 0.225 e. The van der Waals surface area contributed by atoms with Crippen LogP contribution >= 0.6 is 0 Å². The second-order valence-corrected chi connectivity index (χ2v) is 6.28. The Labute approximate surface area is 150 Å². The monoisotopic (exact) mass is 349 g/mol. The van der Waals surface area contributed by atoms with Crippen molar-refractivity contribution in [2.45, 2.75) is 19.4 Å². The van der Waals surface area contributed by atoms with Gasteiger partial charge in [0.05, 0.1) is 25.8 Å². The van der Waals surface area contributed by atoms with E-state index in [1.165, 1.54) is 0 Å². The molecule has 0 aliphatic rings. The summed E-state index contributed by atoms with van der Waals surface area (Å²) in [6, 6.07) is 15.1. The lowest BCUT2D eigenvalue weighted by Crippen LogP contribution is -2.27. The second-order valence-electron chi connectivity index (χ2n) is 6.28. The van der Waals surface area contributed by atoms with Gasteiger partial charge in [0.25, 0.3) is 0 Å². The first kappa shape index (κ1) is 16.3. The summed E-state index contributed by atoms with van der Waals surface area (Å²) < 4.78 is 16.5. The van der Waals surface area contributed by atoms with Gasteiger partial charge in [-0.15, -0.1) is 0 Å². The molecule has 132 valence electrons. The number of ether oxygens (including phenoxy) is 1. The van der Waals surface area contributed by atoms with Crippen LogP contribution < -0.4 is 10.1 Å². The maximum atomic E-state index is 12.5. The van der Waals surface area contributed by atoms with Crippen molar-refractivity contribution in [3.8, 4) is 5.75 Å². The first-order valence-electron chi connectivity index (χ1n) is 8.46. The number of nitrogens with one attached hydrogen (secondary N) is 1. The van der Waals surface area contributed by atoms with Crippen LogP contribution in [0.3, 0.4) is 0 Å². The number of fused-ring (bicyclic) bond motifs is 2. The van der Waals surface area contributed by atoms with E-state index in [0.29, 0.717) is 5.58 Å². The minimum absolute atomic E-state index is 0.0866. The number of rotatable bonds is 5. The first-order valence-corrected chi connectivity index (χ1v) is 8.46. The molecule has 0 aliphatic heterocycles. The van der Waals surface area contributed by atoms with E-state index in [4.69, 9.17) is 13.6 Å². The van der Waals surface area contributed by atoms with Crippen molar-refractivity contribution >= 4 is 27.8 Å². The highest BCUT2D eigenvalue weighted by atomic mass is 16.5. The Bertz CT molecular complexity index is 1040. The van der Waals surface area contributed by atoms with Crippen molar-refractivity contribution in [3.05, 3.63) is 66.1 Å². The maximum Gasteiger partial charge on any atom is 0.225 e. The van der Waals surface area contributed by atoms with E-state index in [2.05, 4.69) is 5.32 Å². The third kappa shape index (κ3) is 3.04. The minimum Gasteiger partial charge on any atom is -0.497 e. The number of methoxy groups -OCH3 is 1. The normalized spacial score (nSPS) is 12.4. The summed E-state index contributed by atoms with van der Waals surface area (Å²) in [5.74, 6) is 1.37. The van der Waals surface area contributed by atoms with Gasteiger partial charge in [-0.1, -0.05) is 18.2 Å². The number of amides is 1. The van der Waals surface area contributed by atoms with Gasteiger partial charge in [-0.25, -0.2) is 0 Å². The summed E-state index contributed by atoms with van der Waals surface area (Å²) in [5, 5.41) is 4.92. The van der Waals surface area contributed by atoms with Crippen molar-refractivity contribution in [3.63, 3.8) is 0 Å². The molecule has 0 radical (unpaired) electrons. The van der Waals surface area contributed by atoms with E-state index in [1.807, 2.05) is 55.5 Å². The average molecular weight is 349 g/mol. The van der Waals surface area contributed by atoms with Gasteiger partial charge in [0.15, 0.2) is 0 Å². The van der Waals surface area contributed by atoms with E-state index in [0.717, 1.165) is 33.4 Å². The number of carbonyl (C=O) groups excluding carboxylic acids is 1. The van der Waals surface area contributed by atoms with E-state index >= 15 is 0 Å². The molecule has 2 heterocycles. The van der Waals surface area contributed by atoms with Crippen molar-refractivity contribution in [1.82, 2.24) is 5.32 Å². The Morgan fingerprint density at radius 3 is 2.81 bits per heavy atom. The molecular formula is C21H19NO4. The summed E-state index contributed by atoms with van der Waals surface area (Å²) in [6.07, 6.45) is 1.86. The lowest BCUT2D eigenvalue weighted by atomic mass is 10.1. The molecule has 2 aromatic carbocycles. The van der Waals surface area contributed by atoms with Crippen LogP contribution in [0.15, 0.2) is 63.6 Å². The standard InChI is InChI=1S/C21H19NO4/c1-13(19-9-14-5-3-4-6-18(14)26-19)22-21(23)10-15-12-25-20-11-16(24-2)7-8-17(15)20/h3-9,11-13H,10H2,1-2H3,(H,22,23)/t13-/m1/s1. The fourth-order valence-electron chi connectivity index (χ4n) is 3.08. The van der Waals surface area contributed by atoms with Crippen molar-refractivity contribution < 1.29 is 18.4 Å². The molecule has 1 amide bonds. The molecule has 2 aromatic heterocycles. The highest BCUT2D eigenvalue weighted by molar-refractivity contribution is 5.88. The minimum atomic E-state index is -0.215. The molecule has 5 heteroatoms. The van der Waals surface area contributed by atoms with Gasteiger partial charge >= 0.3 is 0 Å². The fourth-order valence-corrected chi connectivity index (χ4v) is 3.08. The van der Waals surface area contributed by atoms with Gasteiger partial charge in [-0.3, -0.25) is 4.79 Å². The molecule has 1 N–H and O–H groups in total. The predicted molar refractivity (Wildman–Crippen MR) is 99.2 cm³/mol. The van der Waals surface area contributed by atoms with Gasteiger partial charge in [0.1, 0.15) is 22.7 Å². The molecule has 0 spiro atoms. The molecule has 0 bridgehead atoms. The topological polar surface area (TPSA) is 64.6 Å². The molecular weight excluding hydrogens is 330 g/mol. The van der Waals surface area contributed by atoms with Gasteiger partial charge in [-0.05, 0) is 31.2 Å². The summed E-state index contributed by atoms with van der Waals surface area (Å²) in [5.41, 5.74) is 2.37. The van der Waals surface area contributed by atoms with Crippen LogP contribution in [0.5, 0.6) is 5.75 Å². The van der Waals surface area contributed by atoms with Crippen molar-refractivity contribution in [2.24, 2.45) is 0 Å². The molecule has 0 unspecified atom stereocenters. The Balaban J connectivity index is 1.48. The quantitative estimate of drug-likeness (QED) is 0.571. The second kappa shape index (κ2) is 6.59. The Morgan fingerprint density at radius 1 is 1.15 bits per heavy atom. The van der Waals surface area contributed by atoms with E-state index in [1.54, 1.807) is 13.4 Å². The molecule has 0 fully saturated rings. The number of para-hydroxylation sites is 1. The van der Waals surface area contributed by atoms with Gasteiger partial charge < -0.3 is 18.9 Å². The van der Waals surface area contributed by atoms with Crippen LogP contribution in [0, 0.1) is 0 Å². The average Bonchev–Trinajstić information content (AvgIpc) is 3.25. The number of hydrogen-bond donors (Lipinski definition) is 1. The summed E-state index contributed by atoms with van der Waals surface area (Å²) in [6.45, 7) is 1.91. The molecule has 26 heavy (non-hydrogen) atoms. The number of hydrogen-bond acceptors (Lipinski definition) is 4. The third-order valence-electron chi connectivity index (χ3n) is 4.46. The van der Waals surface area contributed by atoms with Crippen LogP contribution in [-0.4, -0.2) is 13.0 Å². The Morgan fingerprint density at radius 2 is 2.00 bits per heavy atom. The maximum absolute atomic E-state index is 12.5. The molecule has 0 aliphatic carbocycles. The van der Waals surface area contributed by atoms with Gasteiger partial charge in [0, 0.05) is 22.4 Å². The lowest BCUT2D eigenvalue weighted by Gasteiger charge is -2.11. The molecule has 4 rings (SSSR count). The van der Waals surface area contributed by atoms with Crippen LogP contribution in [0.4, 0.5) is 0 Å². The number of carbonyl (C=O) groups is 1. The zero-order valence-corrected chi connectivity index (χ0v) is 14.6. The third-order valence-corrected chi connectivity index (χ3v) is 4.46. The van der Waals surface area contributed by atoms with E-state index in [-0.39, 0.29) is 18.4 Å². The van der Waals surface area contributed by atoms with Crippen molar-refractivity contribution in [1.29, 1.82) is 0 Å². The molecule has 0 saturated heterocycles. The van der Waals surface area contributed by atoms with Crippen LogP contribution in [0.1, 0.15) is 24.3 Å². The lowest BCUT2D eigenvalue weighted by molar-refractivity contribution is -0.121. The zero-order chi connectivity index (χ0) is 18.1. The van der Waals surface area contributed by atoms with Crippen molar-refractivity contribution in [2.75, 3.05) is 7.11 Å². The van der Waals surface area contributed by atoms with Gasteiger partial charge in [-0.2, -0.15) is 0 Å². The van der Waals surface area contributed by atoms with Gasteiger partial charge in [0.2, 0.25) is 5.91 Å².